The lowest BCUT2D eigenvalue weighted by atomic mass is 9.54. The van der Waals surface area contributed by atoms with Crippen molar-refractivity contribution in [1.82, 2.24) is 20.2 Å². The normalized spacial score (nSPS) is 34.6. The lowest BCUT2D eigenvalue weighted by Gasteiger charge is -2.56. The maximum Gasteiger partial charge on any atom is 0.335 e. The van der Waals surface area contributed by atoms with E-state index in [4.69, 9.17) is 14.1 Å². The highest BCUT2D eigenvalue weighted by Crippen LogP contribution is 2.57. The summed E-state index contributed by atoms with van der Waals surface area (Å²) in [6.45, 7) is 0.474. The molecule has 204 valence electrons. The summed E-state index contributed by atoms with van der Waals surface area (Å²) in [5.41, 5.74) is 2.38. The number of ether oxygens (including phenoxy) is 1. The highest BCUT2D eigenvalue weighted by molar-refractivity contribution is 5.89. The number of carboxylic acids is 1. The van der Waals surface area contributed by atoms with Gasteiger partial charge in [0.25, 0.3) is 5.89 Å². The average molecular weight is 529 g/mol. The van der Waals surface area contributed by atoms with Gasteiger partial charge in [-0.2, -0.15) is 0 Å². The minimum Gasteiger partial charge on any atom is -0.478 e. The van der Waals surface area contributed by atoms with Gasteiger partial charge in [-0.1, -0.05) is 18.9 Å². The number of aromatic amines is 1. The maximum absolute atomic E-state index is 11.5. The highest BCUT2D eigenvalue weighted by Gasteiger charge is 2.52. The van der Waals surface area contributed by atoms with Gasteiger partial charge in [-0.15, -0.1) is 10.2 Å². The van der Waals surface area contributed by atoms with Crippen LogP contribution in [0.3, 0.4) is 0 Å². The third-order valence-corrected chi connectivity index (χ3v) is 10.7. The smallest absolute Gasteiger partial charge is 0.335 e. The molecule has 2 heterocycles. The Kier molecular flexibility index (Phi) is 5.51. The zero-order chi connectivity index (χ0) is 26.1. The van der Waals surface area contributed by atoms with Crippen molar-refractivity contribution in [1.29, 1.82) is 0 Å². The number of rotatable bonds is 7. The third kappa shape index (κ3) is 4.22. The van der Waals surface area contributed by atoms with Crippen LogP contribution in [0.4, 0.5) is 0 Å². The lowest BCUT2D eigenvalue weighted by Crippen LogP contribution is -2.51. The first-order valence-electron chi connectivity index (χ1n) is 14.9. The van der Waals surface area contributed by atoms with Gasteiger partial charge in [0.15, 0.2) is 5.69 Å². The van der Waals surface area contributed by atoms with Crippen LogP contribution in [0, 0.1) is 29.6 Å². The molecule has 10 rings (SSSR count). The summed E-state index contributed by atoms with van der Waals surface area (Å²) >= 11 is 0. The van der Waals surface area contributed by atoms with Crippen LogP contribution in [-0.4, -0.2) is 36.8 Å². The van der Waals surface area contributed by atoms with Crippen molar-refractivity contribution in [3.8, 4) is 23.0 Å². The number of hydrogen-bond acceptors (Lipinski definition) is 6. The second-order valence-electron chi connectivity index (χ2n) is 13.3. The topological polar surface area (TPSA) is 114 Å². The van der Waals surface area contributed by atoms with Crippen LogP contribution in [0.15, 0.2) is 28.7 Å². The predicted molar refractivity (Wildman–Crippen MR) is 143 cm³/mol. The Labute approximate surface area is 228 Å². The van der Waals surface area contributed by atoms with Crippen LogP contribution in [0.5, 0.6) is 0 Å². The molecule has 7 aliphatic rings. The number of imidazole rings is 1. The fourth-order valence-corrected chi connectivity index (χ4v) is 9.25. The van der Waals surface area contributed by atoms with Crippen LogP contribution in [0.2, 0.25) is 0 Å². The second-order valence-corrected chi connectivity index (χ2v) is 13.3. The number of aromatic nitrogens is 4. The van der Waals surface area contributed by atoms with Gasteiger partial charge >= 0.3 is 5.97 Å². The van der Waals surface area contributed by atoms with Gasteiger partial charge in [0.05, 0.1) is 23.5 Å². The van der Waals surface area contributed by atoms with E-state index in [2.05, 4.69) is 15.2 Å². The first-order valence-corrected chi connectivity index (χ1v) is 14.9. The quantitative estimate of drug-likeness (QED) is 0.355. The molecular formula is C31H36N4O4. The van der Waals surface area contributed by atoms with E-state index in [9.17, 15) is 9.90 Å². The van der Waals surface area contributed by atoms with Gasteiger partial charge < -0.3 is 19.2 Å². The molecule has 2 N–H and O–H groups in total. The molecule has 8 heteroatoms. The van der Waals surface area contributed by atoms with Crippen LogP contribution in [-0.2, 0) is 11.3 Å². The first-order chi connectivity index (χ1) is 19.0. The summed E-state index contributed by atoms with van der Waals surface area (Å²) < 4.78 is 13.0. The van der Waals surface area contributed by atoms with Gasteiger partial charge in [-0.25, -0.2) is 9.78 Å². The monoisotopic (exact) mass is 528 g/mol. The van der Waals surface area contributed by atoms with Crippen LogP contribution >= 0.6 is 0 Å². The van der Waals surface area contributed by atoms with E-state index in [1.54, 1.807) is 24.3 Å². The van der Waals surface area contributed by atoms with E-state index in [-0.39, 0.29) is 11.2 Å². The number of benzene rings is 1. The fraction of sp³-hybridized carbons (Fsp3) is 0.613. The number of aromatic carboxylic acids is 1. The second kappa shape index (κ2) is 9.01. The van der Waals surface area contributed by atoms with Crippen molar-refractivity contribution in [3.63, 3.8) is 0 Å². The molecule has 1 aromatic carbocycles. The number of carbonyl (C=O) groups is 1. The Bertz CT molecular complexity index is 1370. The molecular weight excluding hydrogens is 492 g/mol. The summed E-state index contributed by atoms with van der Waals surface area (Å²) in [5, 5.41) is 18.1. The van der Waals surface area contributed by atoms with Crippen LogP contribution in [0.25, 0.3) is 23.0 Å². The summed E-state index contributed by atoms with van der Waals surface area (Å²) in [6.07, 6.45) is 14.2. The molecule has 0 aliphatic heterocycles. The van der Waals surface area contributed by atoms with Crippen molar-refractivity contribution in [2.45, 2.75) is 88.8 Å². The van der Waals surface area contributed by atoms with E-state index in [0.717, 1.165) is 35.2 Å². The molecule has 0 saturated heterocycles. The third-order valence-electron chi connectivity index (χ3n) is 10.7. The van der Waals surface area contributed by atoms with E-state index in [1.165, 1.54) is 70.6 Å². The SMILES string of the molecule is O=C(O)c1cccc(-c2nnc(-c3nc(C4CC5CCC4CC5)[nH]c3COC34CC5CC(CC(C5)C3)C4)o2)c1. The molecule has 0 radical (unpaired) electrons. The fourth-order valence-electron chi connectivity index (χ4n) is 9.25. The molecule has 0 amide bonds. The summed E-state index contributed by atoms with van der Waals surface area (Å²) in [6, 6.07) is 6.60. The van der Waals surface area contributed by atoms with E-state index >= 15 is 0 Å². The molecule has 1 unspecified atom stereocenters. The largest absolute Gasteiger partial charge is 0.478 e. The minimum absolute atomic E-state index is 0.00151. The van der Waals surface area contributed by atoms with Gasteiger partial charge in [0, 0.05) is 11.5 Å². The molecule has 7 fully saturated rings. The molecule has 8 nitrogen and oxygen atoms in total. The van der Waals surface area contributed by atoms with Crippen molar-refractivity contribution >= 4 is 5.97 Å². The number of carboxylic acid groups (broad SMARTS) is 1. The Balaban J connectivity index is 1.11. The molecule has 0 spiro atoms. The van der Waals surface area contributed by atoms with E-state index in [0.29, 0.717) is 41.5 Å². The van der Waals surface area contributed by atoms with Gasteiger partial charge in [0.2, 0.25) is 5.89 Å². The predicted octanol–water partition coefficient (Wildman–Crippen LogP) is 6.60. The van der Waals surface area contributed by atoms with Crippen molar-refractivity contribution in [3.05, 3.63) is 41.3 Å². The van der Waals surface area contributed by atoms with Crippen molar-refractivity contribution in [2.75, 3.05) is 0 Å². The van der Waals surface area contributed by atoms with E-state index in [1.807, 2.05) is 0 Å². The number of fused-ring (bicyclic) bond motifs is 3. The summed E-state index contributed by atoms with van der Waals surface area (Å²) in [5.74, 6) is 5.11. The average Bonchev–Trinajstić information content (AvgIpc) is 3.60. The number of nitrogens with one attached hydrogen (secondary N) is 1. The molecule has 39 heavy (non-hydrogen) atoms. The van der Waals surface area contributed by atoms with Gasteiger partial charge in [0.1, 0.15) is 5.82 Å². The van der Waals surface area contributed by atoms with Crippen molar-refractivity contribution in [2.24, 2.45) is 29.6 Å². The molecule has 2 aromatic heterocycles. The molecule has 7 aliphatic carbocycles. The number of hydrogen-bond donors (Lipinski definition) is 2. The molecule has 6 bridgehead atoms. The first kappa shape index (κ1) is 23.9. The van der Waals surface area contributed by atoms with E-state index < -0.39 is 5.97 Å². The standard InChI is InChI=1S/C31H36N4O4/c36-30(37)23-3-1-2-22(12-23)28-34-35-29(39-28)26-25(32-27(33-26)24-11-17-4-6-21(24)7-5-17)16-38-31-13-18-8-19(14-31)10-20(9-18)15-31/h1-3,12,17-21,24H,4-11,13-16H2,(H,32,33)(H,36,37). The van der Waals surface area contributed by atoms with Gasteiger partial charge in [-0.05, 0) is 106 Å². The van der Waals surface area contributed by atoms with Crippen LogP contribution < -0.4 is 0 Å². The Morgan fingerprint density at radius 2 is 1.69 bits per heavy atom. The Hall–Kier alpha value is -3.00. The number of H-pyrrole nitrogens is 1. The molecule has 3 aromatic rings. The van der Waals surface area contributed by atoms with Crippen LogP contribution in [0.1, 0.15) is 98.4 Å². The zero-order valence-electron chi connectivity index (χ0n) is 22.3. The molecule has 1 atom stereocenters. The number of nitrogens with zero attached hydrogens (tertiary/aromatic N) is 3. The minimum atomic E-state index is -0.987. The lowest BCUT2D eigenvalue weighted by molar-refractivity contribution is -0.169. The summed E-state index contributed by atoms with van der Waals surface area (Å²) in [7, 11) is 0. The zero-order valence-corrected chi connectivity index (χ0v) is 22.3. The summed E-state index contributed by atoms with van der Waals surface area (Å²) in [4.78, 5) is 20.3. The Morgan fingerprint density at radius 1 is 0.974 bits per heavy atom. The maximum atomic E-state index is 11.5. The van der Waals surface area contributed by atoms with Gasteiger partial charge in [-0.3, -0.25) is 0 Å². The van der Waals surface area contributed by atoms with Crippen molar-refractivity contribution < 1.29 is 19.1 Å². The highest BCUT2D eigenvalue weighted by atomic mass is 16.5. The molecule has 7 saturated carbocycles. The Morgan fingerprint density at radius 3 is 2.36 bits per heavy atom.